The zero-order valence-corrected chi connectivity index (χ0v) is 13.1. The Morgan fingerprint density at radius 2 is 2.05 bits per heavy atom. The maximum atomic E-state index is 12.1. The molecule has 9 heteroatoms. The van der Waals surface area contributed by atoms with Crippen LogP contribution in [0.2, 0.25) is 5.02 Å². The summed E-state index contributed by atoms with van der Waals surface area (Å²) in [6, 6.07) is 7.37. The number of nitrogens with zero attached hydrogens (tertiary/aromatic N) is 2. The zero-order valence-electron chi connectivity index (χ0n) is 11.6. The molecule has 1 amide bonds. The van der Waals surface area contributed by atoms with Crippen molar-refractivity contribution in [2.45, 2.75) is 17.5 Å². The number of aromatic nitrogens is 3. The number of halogens is 1. The largest absolute Gasteiger partial charge is 0.293 e. The van der Waals surface area contributed by atoms with Crippen LogP contribution in [0.25, 0.3) is 0 Å². The lowest BCUT2D eigenvalue weighted by Crippen LogP contribution is -2.15. The zero-order chi connectivity index (χ0) is 15.9. The van der Waals surface area contributed by atoms with Crippen molar-refractivity contribution in [2.75, 3.05) is 11.6 Å². The lowest BCUT2D eigenvalue weighted by atomic mass is 10.1. The molecule has 2 N–H and O–H groups in total. The van der Waals surface area contributed by atoms with Crippen LogP contribution in [-0.4, -0.2) is 35.8 Å². The number of H-pyrrole nitrogens is 1. The Kier molecular flexibility index (Phi) is 3.65. The molecule has 2 aromatic rings. The van der Waals surface area contributed by atoms with Crippen molar-refractivity contribution < 1.29 is 13.2 Å². The normalized spacial score (nSPS) is 20.6. The number of nitrogens with one attached hydrogen (secondary N) is 2. The van der Waals surface area contributed by atoms with Gasteiger partial charge in [-0.3, -0.25) is 10.1 Å². The first-order valence-corrected chi connectivity index (χ1v) is 8.80. The highest BCUT2D eigenvalue weighted by molar-refractivity contribution is 7.90. The number of carbonyl (C=O) groups is 1. The van der Waals surface area contributed by atoms with E-state index < -0.39 is 9.84 Å². The summed E-state index contributed by atoms with van der Waals surface area (Å²) in [5.74, 6) is -0.280. The smallest absolute Gasteiger partial charge is 0.249 e. The predicted octanol–water partition coefficient (Wildman–Crippen LogP) is 1.60. The standard InChI is InChI=1S/C13H13ClN4O3S/c1-22(20,21)13-16-12(17-18-13)15-11(19)10-6-9(10)7-2-4-8(14)5-3-7/h2-5,9-10H,6H2,1H3,(H2,15,16,17,18,19)/t9-,10+/m1/s1. The minimum Gasteiger partial charge on any atom is -0.293 e. The van der Waals surface area contributed by atoms with Gasteiger partial charge in [0.25, 0.3) is 0 Å². The molecule has 22 heavy (non-hydrogen) atoms. The summed E-state index contributed by atoms with van der Waals surface area (Å²) in [7, 11) is -3.47. The van der Waals surface area contributed by atoms with Crippen LogP contribution in [0.3, 0.4) is 0 Å². The third kappa shape index (κ3) is 3.12. The number of anilines is 1. The Labute approximate surface area is 132 Å². The van der Waals surface area contributed by atoms with Gasteiger partial charge in [-0.05, 0) is 30.0 Å². The maximum absolute atomic E-state index is 12.1. The average Bonchev–Trinajstić information content (AvgIpc) is 3.10. The monoisotopic (exact) mass is 340 g/mol. The molecule has 116 valence electrons. The molecule has 1 fully saturated rings. The van der Waals surface area contributed by atoms with Gasteiger partial charge in [0.1, 0.15) is 0 Å². The molecule has 1 aromatic carbocycles. The summed E-state index contributed by atoms with van der Waals surface area (Å²) in [5.41, 5.74) is 1.05. The summed E-state index contributed by atoms with van der Waals surface area (Å²) in [4.78, 5) is 15.8. The molecule has 0 aliphatic heterocycles. The van der Waals surface area contributed by atoms with Gasteiger partial charge in [-0.2, -0.15) is 4.98 Å². The Hall–Kier alpha value is -1.93. The van der Waals surface area contributed by atoms with Crippen molar-refractivity contribution in [3.63, 3.8) is 0 Å². The van der Waals surface area contributed by atoms with Crippen LogP contribution in [-0.2, 0) is 14.6 Å². The number of amides is 1. The summed E-state index contributed by atoms with van der Waals surface area (Å²) in [6.45, 7) is 0. The van der Waals surface area contributed by atoms with Crippen LogP contribution in [0.1, 0.15) is 17.9 Å². The highest BCUT2D eigenvalue weighted by Gasteiger charge is 2.44. The summed E-state index contributed by atoms with van der Waals surface area (Å²) in [6.07, 6.45) is 1.74. The van der Waals surface area contributed by atoms with Crippen LogP contribution in [0, 0.1) is 5.92 Å². The molecule has 2 atom stereocenters. The number of carbonyl (C=O) groups excluding carboxylic acids is 1. The van der Waals surface area contributed by atoms with E-state index in [2.05, 4.69) is 20.5 Å². The van der Waals surface area contributed by atoms with Crippen LogP contribution in [0.5, 0.6) is 0 Å². The molecule has 0 spiro atoms. The van der Waals surface area contributed by atoms with E-state index in [1.165, 1.54) is 0 Å². The number of hydrogen-bond acceptors (Lipinski definition) is 5. The third-order valence-electron chi connectivity index (χ3n) is 3.48. The second kappa shape index (κ2) is 5.36. The summed E-state index contributed by atoms with van der Waals surface area (Å²) >= 11 is 5.83. The average molecular weight is 341 g/mol. The summed E-state index contributed by atoms with van der Waals surface area (Å²) in [5, 5.41) is 8.86. The Morgan fingerprint density at radius 3 is 2.64 bits per heavy atom. The Morgan fingerprint density at radius 1 is 1.36 bits per heavy atom. The summed E-state index contributed by atoms with van der Waals surface area (Å²) < 4.78 is 22.6. The number of benzene rings is 1. The van der Waals surface area contributed by atoms with Gasteiger partial charge < -0.3 is 0 Å². The highest BCUT2D eigenvalue weighted by atomic mass is 35.5. The van der Waals surface area contributed by atoms with E-state index in [0.717, 1.165) is 18.2 Å². The number of rotatable bonds is 4. The van der Waals surface area contributed by atoms with E-state index in [-0.39, 0.29) is 28.8 Å². The van der Waals surface area contributed by atoms with Gasteiger partial charge in [-0.25, -0.2) is 13.5 Å². The molecular weight excluding hydrogens is 328 g/mol. The van der Waals surface area contributed by atoms with Crippen molar-refractivity contribution in [3.05, 3.63) is 34.9 Å². The quantitative estimate of drug-likeness (QED) is 0.879. The van der Waals surface area contributed by atoms with Crippen molar-refractivity contribution in [1.82, 2.24) is 15.2 Å². The second-order valence-electron chi connectivity index (χ2n) is 5.23. The van der Waals surface area contributed by atoms with Crippen molar-refractivity contribution in [1.29, 1.82) is 0 Å². The van der Waals surface area contributed by atoms with E-state index in [4.69, 9.17) is 11.6 Å². The molecule has 1 aromatic heterocycles. The number of aromatic amines is 1. The fourth-order valence-corrected chi connectivity index (χ4v) is 2.82. The second-order valence-corrected chi connectivity index (χ2v) is 7.59. The molecule has 0 bridgehead atoms. The SMILES string of the molecule is CS(=O)(=O)c1nc(NC(=O)[C@H]2C[C@@H]2c2ccc(Cl)cc2)n[nH]1. The van der Waals surface area contributed by atoms with E-state index in [1.54, 1.807) is 12.1 Å². The van der Waals surface area contributed by atoms with Crippen molar-refractivity contribution in [2.24, 2.45) is 5.92 Å². The molecule has 0 radical (unpaired) electrons. The lowest BCUT2D eigenvalue weighted by molar-refractivity contribution is -0.117. The van der Waals surface area contributed by atoms with Crippen molar-refractivity contribution in [3.8, 4) is 0 Å². The van der Waals surface area contributed by atoms with E-state index in [9.17, 15) is 13.2 Å². The minimum absolute atomic E-state index is 0.0350. The van der Waals surface area contributed by atoms with Gasteiger partial charge in [-0.1, -0.05) is 23.7 Å². The first-order valence-electron chi connectivity index (χ1n) is 6.53. The fraction of sp³-hybridized carbons (Fsp3) is 0.308. The van der Waals surface area contributed by atoms with E-state index >= 15 is 0 Å². The molecule has 0 unspecified atom stereocenters. The minimum atomic E-state index is -3.47. The van der Waals surface area contributed by atoms with Crippen LogP contribution in [0.15, 0.2) is 29.4 Å². The Bertz CT molecular complexity index is 816. The first-order chi connectivity index (χ1) is 10.3. The lowest BCUT2D eigenvalue weighted by Gasteiger charge is -2.01. The number of hydrogen-bond donors (Lipinski definition) is 2. The van der Waals surface area contributed by atoms with Crippen LogP contribution in [0.4, 0.5) is 5.95 Å². The predicted molar refractivity (Wildman–Crippen MR) is 80.4 cm³/mol. The van der Waals surface area contributed by atoms with Gasteiger partial charge >= 0.3 is 0 Å². The highest BCUT2D eigenvalue weighted by Crippen LogP contribution is 2.48. The number of sulfone groups is 1. The van der Waals surface area contributed by atoms with Gasteiger partial charge in [0.05, 0.1) is 0 Å². The van der Waals surface area contributed by atoms with Crippen LogP contribution >= 0.6 is 11.6 Å². The molecule has 1 aliphatic carbocycles. The Balaban J connectivity index is 1.64. The molecule has 0 saturated heterocycles. The first kappa shape index (κ1) is 15.0. The molecule has 7 nitrogen and oxygen atoms in total. The molecule has 1 aliphatic rings. The maximum Gasteiger partial charge on any atom is 0.249 e. The molecule has 3 rings (SSSR count). The molecule has 1 heterocycles. The molecule has 1 saturated carbocycles. The van der Waals surface area contributed by atoms with E-state index in [0.29, 0.717) is 5.02 Å². The third-order valence-corrected chi connectivity index (χ3v) is 4.61. The fourth-order valence-electron chi connectivity index (χ4n) is 2.23. The van der Waals surface area contributed by atoms with Crippen molar-refractivity contribution >= 4 is 33.3 Å². The van der Waals surface area contributed by atoms with Gasteiger partial charge in [-0.15, -0.1) is 5.10 Å². The van der Waals surface area contributed by atoms with Crippen LogP contribution < -0.4 is 5.32 Å². The van der Waals surface area contributed by atoms with Gasteiger partial charge in [0, 0.05) is 17.2 Å². The topological polar surface area (TPSA) is 105 Å². The van der Waals surface area contributed by atoms with Gasteiger partial charge in [0.15, 0.2) is 0 Å². The molecular formula is C13H13ClN4O3S. The van der Waals surface area contributed by atoms with E-state index in [1.807, 2.05) is 12.1 Å². The van der Waals surface area contributed by atoms with Gasteiger partial charge in [0.2, 0.25) is 26.8 Å².